The monoisotopic (exact) mass is 480 g/mol. The summed E-state index contributed by atoms with van der Waals surface area (Å²) < 4.78 is 35.6. The number of likely N-dealkylation sites (N-methyl/N-ethyl adjacent to an activating group) is 1. The third-order valence-corrected chi connectivity index (χ3v) is 5.82. The van der Waals surface area contributed by atoms with Crippen LogP contribution in [0.5, 0.6) is 11.8 Å². The number of ether oxygens (including phenoxy) is 1. The second-order valence-corrected chi connectivity index (χ2v) is 8.53. The van der Waals surface area contributed by atoms with Gasteiger partial charge in [-0.1, -0.05) is 6.08 Å². The number of aryl methyl sites for hydroxylation is 1. The molecule has 4 heterocycles. The zero-order chi connectivity index (χ0) is 24.5. The smallest absolute Gasteiger partial charge is 0.326 e. The molecule has 1 aromatic carbocycles. The second kappa shape index (κ2) is 9.34. The van der Waals surface area contributed by atoms with E-state index in [1.807, 2.05) is 25.1 Å². The first-order chi connectivity index (χ1) is 16.9. The summed E-state index contributed by atoms with van der Waals surface area (Å²) >= 11 is 0. The van der Waals surface area contributed by atoms with E-state index in [9.17, 15) is 4.39 Å². The SMILES string of the molecule is C/C=C/c1cc(Nc2cc(N3CCN(C)CC3)nc(Oc3c(F)cc4[nH]c(C)cc4c3F)n2)n[nH]1. The third-order valence-electron chi connectivity index (χ3n) is 5.82. The number of nitrogens with one attached hydrogen (secondary N) is 3. The van der Waals surface area contributed by atoms with Crippen LogP contribution in [0.2, 0.25) is 0 Å². The Morgan fingerprint density at radius 2 is 1.86 bits per heavy atom. The standard InChI is InChI=1S/C24H26F2N8O/c1-4-5-15-11-20(32-31-15)28-19-13-21(34-8-6-33(3)7-9-34)30-24(29-19)35-23-17(25)12-18-16(22(23)26)10-14(2)27-18/h4-5,10-13,27H,6-9H2,1-3H3,(H2,28,29,30,31,32)/b5-4+. The lowest BCUT2D eigenvalue weighted by molar-refractivity contribution is 0.311. The van der Waals surface area contributed by atoms with E-state index in [1.54, 1.807) is 19.1 Å². The van der Waals surface area contributed by atoms with Crippen molar-refractivity contribution in [2.75, 3.05) is 43.4 Å². The van der Waals surface area contributed by atoms with E-state index in [0.717, 1.165) is 31.9 Å². The quantitative estimate of drug-likeness (QED) is 0.371. The van der Waals surface area contributed by atoms with Gasteiger partial charge in [-0.05, 0) is 33.0 Å². The molecule has 0 saturated carbocycles. The highest BCUT2D eigenvalue weighted by Crippen LogP contribution is 2.34. The first kappa shape index (κ1) is 22.8. The van der Waals surface area contributed by atoms with Crippen LogP contribution in [0.1, 0.15) is 18.3 Å². The van der Waals surface area contributed by atoms with Gasteiger partial charge < -0.3 is 24.8 Å². The Bertz CT molecular complexity index is 1390. The maximum absolute atomic E-state index is 15.2. The van der Waals surface area contributed by atoms with E-state index >= 15 is 4.39 Å². The number of rotatable bonds is 6. The van der Waals surface area contributed by atoms with Gasteiger partial charge in [-0.25, -0.2) is 8.78 Å². The zero-order valence-corrected chi connectivity index (χ0v) is 19.7. The molecule has 0 amide bonds. The summed E-state index contributed by atoms with van der Waals surface area (Å²) in [6.07, 6.45) is 3.78. The predicted octanol–water partition coefficient (Wildman–Crippen LogP) is 4.59. The minimum atomic E-state index is -0.844. The summed E-state index contributed by atoms with van der Waals surface area (Å²) in [4.78, 5) is 16.1. The molecule has 4 aromatic rings. The van der Waals surface area contributed by atoms with Crippen LogP contribution in [-0.2, 0) is 0 Å². The van der Waals surface area contributed by atoms with Gasteiger partial charge in [0.25, 0.3) is 0 Å². The Balaban J connectivity index is 1.51. The summed E-state index contributed by atoms with van der Waals surface area (Å²) in [5, 5.41) is 10.5. The molecule has 1 saturated heterocycles. The van der Waals surface area contributed by atoms with Crippen LogP contribution in [0.4, 0.5) is 26.2 Å². The lowest BCUT2D eigenvalue weighted by Gasteiger charge is -2.33. The van der Waals surface area contributed by atoms with E-state index in [0.29, 0.717) is 28.7 Å². The van der Waals surface area contributed by atoms with Gasteiger partial charge in [-0.2, -0.15) is 15.1 Å². The number of allylic oxidation sites excluding steroid dienone is 1. The number of nitrogens with zero attached hydrogens (tertiary/aromatic N) is 5. The molecule has 1 aliphatic heterocycles. The van der Waals surface area contributed by atoms with Crippen molar-refractivity contribution in [3.8, 4) is 11.8 Å². The third kappa shape index (κ3) is 4.80. The van der Waals surface area contributed by atoms with Crippen LogP contribution in [0.25, 0.3) is 17.0 Å². The number of fused-ring (bicyclic) bond motifs is 1. The van der Waals surface area contributed by atoms with Crippen molar-refractivity contribution in [1.82, 2.24) is 30.0 Å². The molecule has 0 unspecified atom stereocenters. The van der Waals surface area contributed by atoms with Gasteiger partial charge in [0.1, 0.15) is 11.6 Å². The molecule has 0 bridgehead atoms. The van der Waals surface area contributed by atoms with Crippen LogP contribution >= 0.6 is 0 Å². The number of halogens is 2. The van der Waals surface area contributed by atoms with E-state index in [2.05, 4.69) is 47.3 Å². The number of benzene rings is 1. The molecule has 11 heteroatoms. The number of aromatic nitrogens is 5. The Kier molecular flexibility index (Phi) is 6.08. The fourth-order valence-corrected chi connectivity index (χ4v) is 4.03. The summed E-state index contributed by atoms with van der Waals surface area (Å²) in [6, 6.07) is 6.23. The zero-order valence-electron chi connectivity index (χ0n) is 19.7. The van der Waals surface area contributed by atoms with Crippen molar-refractivity contribution in [3.05, 3.63) is 53.4 Å². The summed E-state index contributed by atoms with van der Waals surface area (Å²) in [5.74, 6) is -0.684. The number of anilines is 3. The number of hydrogen-bond acceptors (Lipinski definition) is 7. The van der Waals surface area contributed by atoms with Gasteiger partial charge in [0.05, 0.1) is 11.2 Å². The topological polar surface area (TPSA) is 98.0 Å². The Morgan fingerprint density at radius 3 is 2.63 bits per heavy atom. The van der Waals surface area contributed by atoms with Crippen LogP contribution in [0.15, 0.2) is 30.3 Å². The fraction of sp³-hybridized carbons (Fsp3) is 0.292. The molecule has 0 radical (unpaired) electrons. The van der Waals surface area contributed by atoms with Crippen molar-refractivity contribution < 1.29 is 13.5 Å². The summed E-state index contributed by atoms with van der Waals surface area (Å²) in [7, 11) is 2.06. The van der Waals surface area contributed by atoms with E-state index in [4.69, 9.17) is 4.74 Å². The largest absolute Gasteiger partial charge is 0.418 e. The predicted molar refractivity (Wildman–Crippen MR) is 131 cm³/mol. The molecule has 1 aliphatic rings. The number of H-pyrrole nitrogens is 2. The molecule has 1 fully saturated rings. The van der Waals surface area contributed by atoms with Gasteiger partial charge in [-0.15, -0.1) is 0 Å². The maximum Gasteiger partial charge on any atom is 0.326 e. The van der Waals surface area contributed by atoms with Crippen molar-refractivity contribution >= 4 is 34.4 Å². The highest BCUT2D eigenvalue weighted by molar-refractivity contribution is 5.83. The van der Waals surface area contributed by atoms with Gasteiger partial charge >= 0.3 is 6.01 Å². The fourth-order valence-electron chi connectivity index (χ4n) is 4.03. The highest BCUT2D eigenvalue weighted by atomic mass is 19.1. The molecule has 0 spiro atoms. The molecule has 9 nitrogen and oxygen atoms in total. The highest BCUT2D eigenvalue weighted by Gasteiger charge is 2.22. The van der Waals surface area contributed by atoms with Crippen molar-refractivity contribution in [1.29, 1.82) is 0 Å². The van der Waals surface area contributed by atoms with Crippen LogP contribution in [0, 0.1) is 18.6 Å². The average molecular weight is 481 g/mol. The number of piperazine rings is 1. The number of aromatic amines is 2. The van der Waals surface area contributed by atoms with Crippen LogP contribution in [0.3, 0.4) is 0 Å². The Labute approximate surface area is 200 Å². The molecule has 5 rings (SSSR count). The molecule has 0 atom stereocenters. The Morgan fingerprint density at radius 1 is 1.06 bits per heavy atom. The van der Waals surface area contributed by atoms with Crippen molar-refractivity contribution in [2.24, 2.45) is 0 Å². The van der Waals surface area contributed by atoms with E-state index in [1.165, 1.54) is 6.07 Å². The lowest BCUT2D eigenvalue weighted by atomic mass is 10.2. The summed E-state index contributed by atoms with van der Waals surface area (Å²) in [6.45, 7) is 6.91. The van der Waals surface area contributed by atoms with Gasteiger partial charge in [0.15, 0.2) is 17.5 Å². The molecule has 182 valence electrons. The molecular formula is C24H26F2N8O. The van der Waals surface area contributed by atoms with Crippen molar-refractivity contribution in [2.45, 2.75) is 13.8 Å². The van der Waals surface area contributed by atoms with Crippen LogP contribution < -0.4 is 15.0 Å². The van der Waals surface area contributed by atoms with Gasteiger partial charge in [0, 0.05) is 55.5 Å². The lowest BCUT2D eigenvalue weighted by Crippen LogP contribution is -2.44. The first-order valence-corrected chi connectivity index (χ1v) is 11.3. The first-order valence-electron chi connectivity index (χ1n) is 11.3. The normalized spacial score (nSPS) is 14.8. The molecule has 0 aliphatic carbocycles. The molecule has 35 heavy (non-hydrogen) atoms. The van der Waals surface area contributed by atoms with E-state index in [-0.39, 0.29) is 11.4 Å². The van der Waals surface area contributed by atoms with Gasteiger partial charge in [0.2, 0.25) is 5.75 Å². The maximum atomic E-state index is 15.2. The van der Waals surface area contributed by atoms with Gasteiger partial charge in [-0.3, -0.25) is 5.10 Å². The molecular weight excluding hydrogens is 454 g/mol. The number of hydrogen-bond donors (Lipinski definition) is 3. The van der Waals surface area contributed by atoms with Crippen molar-refractivity contribution in [3.63, 3.8) is 0 Å². The Hall–Kier alpha value is -3.99. The minimum absolute atomic E-state index is 0.169. The average Bonchev–Trinajstić information content (AvgIpc) is 3.42. The molecule has 3 N–H and O–H groups in total. The molecule has 3 aromatic heterocycles. The minimum Gasteiger partial charge on any atom is -0.418 e. The second-order valence-electron chi connectivity index (χ2n) is 8.53. The van der Waals surface area contributed by atoms with Crippen LogP contribution in [-0.4, -0.2) is 63.3 Å². The van der Waals surface area contributed by atoms with E-state index < -0.39 is 17.4 Å². The summed E-state index contributed by atoms with van der Waals surface area (Å²) in [5.41, 5.74) is 1.89.